The quantitative estimate of drug-likeness (QED) is 0.262. The number of H-pyrrole nitrogens is 1. The molecule has 6 heteroatoms. The van der Waals surface area contributed by atoms with Crippen molar-refractivity contribution in [2.75, 3.05) is 0 Å². The predicted molar refractivity (Wildman–Crippen MR) is 133 cm³/mol. The Bertz CT molecular complexity index is 1470. The molecule has 5 rings (SSSR count). The first-order valence-electron chi connectivity index (χ1n) is 10.7. The molecular formula is C28H20ClF3N2. The molecule has 0 radical (unpaired) electrons. The molecule has 0 saturated heterocycles. The summed E-state index contributed by atoms with van der Waals surface area (Å²) in [6.45, 7) is 0.699. The lowest BCUT2D eigenvalue weighted by Gasteiger charge is -2.06. The normalized spacial score (nSPS) is 12.1. The maximum absolute atomic E-state index is 12.7. The number of alkyl halides is 3. The third kappa shape index (κ3) is 4.80. The summed E-state index contributed by atoms with van der Waals surface area (Å²) in [5.41, 5.74) is 5.37. The molecule has 0 saturated carbocycles. The third-order valence-electron chi connectivity index (χ3n) is 5.74. The summed E-state index contributed by atoms with van der Waals surface area (Å²) in [5.74, 6) is 0. The van der Waals surface area contributed by atoms with Crippen LogP contribution in [-0.4, -0.2) is 9.55 Å². The lowest BCUT2D eigenvalue weighted by atomic mass is 10.0. The van der Waals surface area contributed by atoms with E-state index in [0.717, 1.165) is 45.4 Å². The van der Waals surface area contributed by atoms with Gasteiger partial charge in [-0.1, -0.05) is 48.0 Å². The van der Waals surface area contributed by atoms with Crippen LogP contribution in [0.5, 0.6) is 0 Å². The van der Waals surface area contributed by atoms with Gasteiger partial charge in [0.1, 0.15) is 0 Å². The van der Waals surface area contributed by atoms with Crippen molar-refractivity contribution in [1.82, 2.24) is 9.55 Å². The average Bonchev–Trinajstić information content (AvgIpc) is 3.44. The number of halogens is 4. The minimum Gasteiger partial charge on any atom is -0.361 e. The lowest BCUT2D eigenvalue weighted by Crippen LogP contribution is -2.03. The number of benzene rings is 3. The van der Waals surface area contributed by atoms with Crippen molar-refractivity contribution in [1.29, 1.82) is 0 Å². The molecule has 0 atom stereocenters. The van der Waals surface area contributed by atoms with Crippen LogP contribution in [-0.2, 0) is 12.7 Å². The van der Waals surface area contributed by atoms with Gasteiger partial charge in [0.05, 0.1) is 5.56 Å². The Balaban J connectivity index is 1.30. The largest absolute Gasteiger partial charge is 0.416 e. The Labute approximate surface area is 199 Å². The Morgan fingerprint density at radius 3 is 2.41 bits per heavy atom. The number of fused-ring (bicyclic) bond motifs is 1. The number of nitrogens with one attached hydrogen (secondary N) is 1. The van der Waals surface area contributed by atoms with E-state index in [1.54, 1.807) is 6.08 Å². The first-order valence-corrected chi connectivity index (χ1v) is 11.1. The Morgan fingerprint density at radius 2 is 1.65 bits per heavy atom. The molecule has 0 fully saturated rings. The van der Waals surface area contributed by atoms with Crippen LogP contribution in [0.1, 0.15) is 22.4 Å². The van der Waals surface area contributed by atoms with Crippen LogP contribution in [0.4, 0.5) is 13.2 Å². The van der Waals surface area contributed by atoms with E-state index in [9.17, 15) is 13.2 Å². The Morgan fingerprint density at radius 1 is 0.853 bits per heavy atom. The highest BCUT2D eigenvalue weighted by molar-refractivity contribution is 6.30. The number of nitrogens with zero attached hydrogens (tertiary/aromatic N) is 1. The predicted octanol–water partition coefficient (Wildman–Crippen LogP) is 8.53. The van der Waals surface area contributed by atoms with Gasteiger partial charge in [-0.15, -0.1) is 0 Å². The molecule has 2 nitrogen and oxygen atoms in total. The lowest BCUT2D eigenvalue weighted by molar-refractivity contribution is -0.137. The highest BCUT2D eigenvalue weighted by Gasteiger charge is 2.29. The second-order valence-electron chi connectivity index (χ2n) is 8.14. The fraction of sp³-hybridized carbons (Fsp3) is 0.0714. The minimum atomic E-state index is -4.32. The van der Waals surface area contributed by atoms with Gasteiger partial charge in [0.25, 0.3) is 0 Å². The van der Waals surface area contributed by atoms with E-state index in [0.29, 0.717) is 17.1 Å². The molecule has 34 heavy (non-hydrogen) atoms. The minimum absolute atomic E-state index is 0.648. The fourth-order valence-corrected chi connectivity index (χ4v) is 4.19. The van der Waals surface area contributed by atoms with Gasteiger partial charge in [0, 0.05) is 40.6 Å². The zero-order valence-corrected chi connectivity index (χ0v) is 18.7. The molecule has 0 unspecified atom stereocenters. The molecule has 0 amide bonds. The summed E-state index contributed by atoms with van der Waals surface area (Å²) in [6.07, 6.45) is 3.33. The van der Waals surface area contributed by atoms with Crippen LogP contribution in [0.2, 0.25) is 5.02 Å². The van der Waals surface area contributed by atoms with Crippen molar-refractivity contribution >= 4 is 34.7 Å². The van der Waals surface area contributed by atoms with E-state index in [1.165, 1.54) is 12.1 Å². The van der Waals surface area contributed by atoms with Crippen LogP contribution in [0.15, 0.2) is 91.3 Å². The van der Waals surface area contributed by atoms with Gasteiger partial charge in [-0.25, -0.2) is 0 Å². The summed E-state index contributed by atoms with van der Waals surface area (Å²) in [5, 5.41) is 1.86. The monoisotopic (exact) mass is 476 g/mol. The van der Waals surface area contributed by atoms with Crippen LogP contribution < -0.4 is 0 Å². The number of aromatic amines is 1. The molecule has 2 heterocycles. The van der Waals surface area contributed by atoms with Crippen molar-refractivity contribution in [3.05, 3.63) is 119 Å². The third-order valence-corrected chi connectivity index (χ3v) is 5.98. The highest BCUT2D eigenvalue weighted by atomic mass is 35.5. The van der Waals surface area contributed by atoms with Crippen molar-refractivity contribution in [2.24, 2.45) is 0 Å². The van der Waals surface area contributed by atoms with Crippen LogP contribution in [0, 0.1) is 0 Å². The highest BCUT2D eigenvalue weighted by Crippen LogP contribution is 2.30. The maximum Gasteiger partial charge on any atom is 0.416 e. The van der Waals surface area contributed by atoms with Crippen molar-refractivity contribution in [3.8, 4) is 11.1 Å². The topological polar surface area (TPSA) is 20.7 Å². The molecular weight excluding hydrogens is 457 g/mol. The molecule has 0 aliphatic rings. The molecule has 3 aromatic carbocycles. The summed E-state index contributed by atoms with van der Waals surface area (Å²) in [6, 6.07) is 23.4. The fourth-order valence-electron chi connectivity index (χ4n) is 4.00. The second kappa shape index (κ2) is 8.92. The van der Waals surface area contributed by atoms with Gasteiger partial charge in [0.15, 0.2) is 0 Å². The van der Waals surface area contributed by atoms with Gasteiger partial charge < -0.3 is 9.55 Å². The molecule has 5 aromatic rings. The van der Waals surface area contributed by atoms with E-state index >= 15 is 0 Å². The molecule has 0 bridgehead atoms. The first kappa shape index (κ1) is 22.1. The second-order valence-corrected chi connectivity index (χ2v) is 8.58. The van der Waals surface area contributed by atoms with E-state index in [1.807, 2.05) is 42.6 Å². The number of aromatic nitrogens is 2. The van der Waals surface area contributed by atoms with Crippen molar-refractivity contribution < 1.29 is 13.2 Å². The molecule has 0 aliphatic heterocycles. The maximum atomic E-state index is 12.7. The van der Waals surface area contributed by atoms with Crippen LogP contribution in [0.25, 0.3) is 34.2 Å². The van der Waals surface area contributed by atoms with E-state index in [4.69, 9.17) is 11.6 Å². The van der Waals surface area contributed by atoms with E-state index < -0.39 is 11.7 Å². The molecule has 0 aliphatic carbocycles. The van der Waals surface area contributed by atoms with E-state index in [-0.39, 0.29) is 0 Å². The van der Waals surface area contributed by atoms with Gasteiger partial charge in [-0.3, -0.25) is 0 Å². The summed E-state index contributed by atoms with van der Waals surface area (Å²) in [7, 11) is 0. The average molecular weight is 477 g/mol. The van der Waals surface area contributed by atoms with Crippen LogP contribution in [0.3, 0.4) is 0 Å². The SMILES string of the molecule is FC(F)(F)c1ccc(/C=C/c2cc(Cn3ccc4cc(-c5cccc(Cl)c5)ccc43)c[nH]2)cc1. The number of rotatable bonds is 5. The molecule has 2 aromatic heterocycles. The number of hydrogen-bond acceptors (Lipinski definition) is 0. The summed E-state index contributed by atoms with van der Waals surface area (Å²) >= 11 is 6.14. The molecule has 1 N–H and O–H groups in total. The Kier molecular flexibility index (Phi) is 5.80. The van der Waals surface area contributed by atoms with Crippen LogP contribution >= 0.6 is 11.6 Å². The van der Waals surface area contributed by atoms with Crippen molar-refractivity contribution in [2.45, 2.75) is 12.7 Å². The summed E-state index contributed by atoms with van der Waals surface area (Å²) in [4.78, 5) is 3.22. The smallest absolute Gasteiger partial charge is 0.361 e. The van der Waals surface area contributed by atoms with E-state index in [2.05, 4.69) is 40.0 Å². The standard InChI is InChI=1S/C28H20ClF3N2/c29-25-3-1-2-21(16-25)22-7-11-27-23(15-22)12-13-34(27)18-20-14-26(33-17-20)10-6-19-4-8-24(9-5-19)28(30,31)32/h1-17,33H,18H2/b10-6+. The van der Waals surface area contributed by atoms with Gasteiger partial charge in [-0.05, 0) is 76.9 Å². The summed E-state index contributed by atoms with van der Waals surface area (Å²) < 4.78 is 40.3. The van der Waals surface area contributed by atoms with Gasteiger partial charge in [0.2, 0.25) is 0 Å². The number of hydrogen-bond donors (Lipinski definition) is 1. The molecule has 0 spiro atoms. The Hall–Kier alpha value is -3.70. The van der Waals surface area contributed by atoms with Gasteiger partial charge >= 0.3 is 6.18 Å². The van der Waals surface area contributed by atoms with Gasteiger partial charge in [-0.2, -0.15) is 13.2 Å². The molecule has 170 valence electrons. The van der Waals surface area contributed by atoms with Crippen molar-refractivity contribution in [3.63, 3.8) is 0 Å². The first-order chi connectivity index (χ1) is 16.3. The zero-order valence-electron chi connectivity index (χ0n) is 18.0. The zero-order chi connectivity index (χ0) is 23.7.